The second kappa shape index (κ2) is 9.60. The molecular formula is C25H27F2N5O3. The van der Waals surface area contributed by atoms with Gasteiger partial charge in [0.15, 0.2) is 18.4 Å². The highest BCUT2D eigenvalue weighted by Gasteiger charge is 2.35. The molecule has 0 aliphatic carbocycles. The lowest BCUT2D eigenvalue weighted by atomic mass is 9.99. The summed E-state index contributed by atoms with van der Waals surface area (Å²) in [5.41, 5.74) is 1.89. The molecule has 0 saturated carbocycles. The number of hydrogen-bond donors (Lipinski definition) is 1. The highest BCUT2D eigenvalue weighted by molar-refractivity contribution is 5.89. The first-order valence-electron chi connectivity index (χ1n) is 11.3. The van der Waals surface area contributed by atoms with Crippen LogP contribution in [-0.4, -0.2) is 51.5 Å². The van der Waals surface area contributed by atoms with Gasteiger partial charge < -0.3 is 24.2 Å². The van der Waals surface area contributed by atoms with Crippen LogP contribution in [0.3, 0.4) is 0 Å². The topological polar surface area (TPSA) is 75.2 Å². The van der Waals surface area contributed by atoms with Gasteiger partial charge in [-0.1, -0.05) is 6.57 Å². The van der Waals surface area contributed by atoms with Crippen molar-refractivity contribution in [3.63, 3.8) is 0 Å². The van der Waals surface area contributed by atoms with Crippen molar-refractivity contribution in [2.45, 2.75) is 38.9 Å². The first kappa shape index (κ1) is 24.6. The fraction of sp³-hybridized carbons (Fsp3) is 0.400. The van der Waals surface area contributed by atoms with Gasteiger partial charge in [-0.15, -0.1) is 4.98 Å². The minimum atomic E-state index is -0.745. The third kappa shape index (κ3) is 4.45. The van der Waals surface area contributed by atoms with Crippen molar-refractivity contribution in [1.29, 1.82) is 0 Å². The van der Waals surface area contributed by atoms with E-state index in [0.717, 1.165) is 12.1 Å². The van der Waals surface area contributed by atoms with Crippen molar-refractivity contribution < 1.29 is 18.6 Å². The minimum absolute atomic E-state index is 0.0693. The zero-order valence-electron chi connectivity index (χ0n) is 20.0. The maximum absolute atomic E-state index is 14.8. The average molecular weight is 484 g/mol. The standard InChI is InChI=1S/C25H27F2N5O3/c1-14-12-32(21-10-24(34)30(5)20-6-7-23(28-4)29-25(20)21)15(2)11-31(14)16(3)17-8-19(27)22(35-13-33)9-18(17)26/h6-10,14-16,33H,11-13H2,1-3,5H3/t14-,15+,16?/m1/s1. The number of benzene rings is 1. The molecule has 0 amide bonds. The van der Waals surface area contributed by atoms with Crippen LogP contribution in [0.15, 0.2) is 35.1 Å². The van der Waals surface area contributed by atoms with Crippen molar-refractivity contribution in [1.82, 2.24) is 14.5 Å². The minimum Gasteiger partial charge on any atom is -0.465 e. The summed E-state index contributed by atoms with van der Waals surface area (Å²) in [6.45, 7) is 13.4. The van der Waals surface area contributed by atoms with E-state index in [0.29, 0.717) is 29.8 Å². The fourth-order valence-corrected chi connectivity index (χ4v) is 4.83. The predicted octanol–water partition coefficient (Wildman–Crippen LogP) is 3.75. The summed E-state index contributed by atoms with van der Waals surface area (Å²) in [4.78, 5) is 24.8. The number of nitrogens with zero attached hydrogens (tertiary/aromatic N) is 5. The molecule has 0 bridgehead atoms. The second-order valence-electron chi connectivity index (χ2n) is 8.88. The molecule has 35 heavy (non-hydrogen) atoms. The van der Waals surface area contributed by atoms with Gasteiger partial charge in [-0.25, -0.2) is 8.78 Å². The molecule has 0 radical (unpaired) electrons. The van der Waals surface area contributed by atoms with E-state index in [1.165, 1.54) is 4.57 Å². The molecule has 3 atom stereocenters. The lowest BCUT2D eigenvalue weighted by Gasteiger charge is -2.47. The maximum Gasteiger partial charge on any atom is 0.270 e. The first-order valence-corrected chi connectivity index (χ1v) is 11.3. The number of fused-ring (bicyclic) bond motifs is 1. The molecule has 1 N–H and O–H groups in total. The van der Waals surface area contributed by atoms with Gasteiger partial charge in [0.05, 0.1) is 11.2 Å². The number of rotatable bonds is 5. The summed E-state index contributed by atoms with van der Waals surface area (Å²) < 4.78 is 35.5. The van der Waals surface area contributed by atoms with E-state index in [1.807, 2.05) is 20.8 Å². The summed E-state index contributed by atoms with van der Waals surface area (Å²) in [5, 5.41) is 8.86. The van der Waals surface area contributed by atoms with E-state index in [4.69, 9.17) is 16.4 Å². The molecule has 10 heteroatoms. The van der Waals surface area contributed by atoms with Gasteiger partial charge in [0.1, 0.15) is 5.82 Å². The quantitative estimate of drug-likeness (QED) is 0.440. The average Bonchev–Trinajstić information content (AvgIpc) is 2.84. The number of aryl methyl sites for hydroxylation is 1. The van der Waals surface area contributed by atoms with E-state index >= 15 is 0 Å². The van der Waals surface area contributed by atoms with Crippen molar-refractivity contribution in [2.24, 2.45) is 7.05 Å². The van der Waals surface area contributed by atoms with Gasteiger partial charge in [-0.05, 0) is 39.0 Å². The van der Waals surface area contributed by atoms with Crippen LogP contribution >= 0.6 is 0 Å². The van der Waals surface area contributed by atoms with Gasteiger partial charge in [-0.2, -0.15) is 0 Å². The van der Waals surface area contributed by atoms with Crippen LogP contribution in [0.2, 0.25) is 0 Å². The van der Waals surface area contributed by atoms with Crippen LogP contribution < -0.4 is 15.2 Å². The van der Waals surface area contributed by atoms with Crippen molar-refractivity contribution in [3.8, 4) is 5.75 Å². The lowest BCUT2D eigenvalue weighted by Crippen LogP contribution is -2.57. The number of aliphatic hydroxyl groups is 1. The molecule has 1 saturated heterocycles. The Morgan fingerprint density at radius 1 is 1.20 bits per heavy atom. The smallest absolute Gasteiger partial charge is 0.270 e. The SMILES string of the molecule is [C-]#[N+]c1ccc2c(n1)c(N1C[C@@H](C)N(C(C)c3cc(F)c(OCO)cc3F)C[C@@H]1C)cc(=O)n2C. The van der Waals surface area contributed by atoms with Crippen LogP contribution in [0.25, 0.3) is 15.9 Å². The Kier molecular flexibility index (Phi) is 6.74. The predicted molar refractivity (Wildman–Crippen MR) is 129 cm³/mol. The largest absolute Gasteiger partial charge is 0.465 e. The lowest BCUT2D eigenvalue weighted by molar-refractivity contribution is 0.0934. The molecule has 1 aliphatic rings. The van der Waals surface area contributed by atoms with Crippen molar-refractivity contribution in [3.05, 3.63) is 69.3 Å². The zero-order valence-corrected chi connectivity index (χ0v) is 20.0. The van der Waals surface area contributed by atoms with E-state index in [-0.39, 0.29) is 34.8 Å². The molecule has 1 aliphatic heterocycles. The summed E-state index contributed by atoms with van der Waals surface area (Å²) in [7, 11) is 1.67. The van der Waals surface area contributed by atoms with Gasteiger partial charge in [0.25, 0.3) is 11.4 Å². The number of pyridine rings is 2. The van der Waals surface area contributed by atoms with Gasteiger partial charge in [0.2, 0.25) is 5.52 Å². The third-order valence-corrected chi connectivity index (χ3v) is 6.73. The van der Waals surface area contributed by atoms with Gasteiger partial charge in [-0.3, -0.25) is 9.69 Å². The summed E-state index contributed by atoms with van der Waals surface area (Å²) in [6, 6.07) is 6.35. The normalized spacial score (nSPS) is 19.5. The maximum atomic E-state index is 14.8. The van der Waals surface area contributed by atoms with Crippen molar-refractivity contribution >= 4 is 22.5 Å². The summed E-state index contributed by atoms with van der Waals surface area (Å²) >= 11 is 0. The number of aromatic nitrogens is 2. The number of piperazine rings is 1. The molecule has 0 spiro atoms. The van der Waals surface area contributed by atoms with Gasteiger partial charge >= 0.3 is 0 Å². The second-order valence-corrected chi connectivity index (χ2v) is 8.88. The summed E-state index contributed by atoms with van der Waals surface area (Å²) in [6.07, 6.45) is 0. The first-order chi connectivity index (χ1) is 16.7. The number of anilines is 1. The Morgan fingerprint density at radius 2 is 1.94 bits per heavy atom. The Morgan fingerprint density at radius 3 is 2.63 bits per heavy atom. The monoisotopic (exact) mass is 483 g/mol. The van der Waals surface area contributed by atoms with Gasteiger partial charge in [0, 0.05) is 56.0 Å². The third-order valence-electron chi connectivity index (χ3n) is 6.73. The number of aliphatic hydroxyl groups excluding tert-OH is 1. The van der Waals surface area contributed by atoms with Crippen LogP contribution in [0.1, 0.15) is 32.4 Å². The molecule has 4 rings (SSSR count). The highest BCUT2D eigenvalue weighted by atomic mass is 19.1. The van der Waals surface area contributed by atoms with Crippen molar-refractivity contribution in [2.75, 3.05) is 24.8 Å². The molecule has 1 aromatic carbocycles. The summed E-state index contributed by atoms with van der Waals surface area (Å²) in [5.74, 6) is -1.44. The number of halogens is 2. The van der Waals surface area contributed by atoms with E-state index in [9.17, 15) is 13.6 Å². The Labute approximate surface area is 201 Å². The zero-order chi connectivity index (χ0) is 25.4. The number of ether oxygens (including phenoxy) is 1. The highest BCUT2D eigenvalue weighted by Crippen LogP contribution is 2.35. The van der Waals surface area contributed by atoms with E-state index in [2.05, 4.69) is 19.6 Å². The van der Waals surface area contributed by atoms with Crippen LogP contribution in [0.4, 0.5) is 20.3 Å². The fourth-order valence-electron chi connectivity index (χ4n) is 4.83. The van der Waals surface area contributed by atoms with Crippen LogP contribution in [-0.2, 0) is 7.05 Å². The molecular weight excluding hydrogens is 456 g/mol. The Hall–Kier alpha value is -3.55. The molecule has 3 aromatic rings. The Balaban J connectivity index is 1.67. The molecule has 184 valence electrons. The molecule has 2 aromatic heterocycles. The molecule has 8 nitrogen and oxygen atoms in total. The number of hydrogen-bond acceptors (Lipinski definition) is 6. The molecule has 3 heterocycles. The van der Waals surface area contributed by atoms with E-state index in [1.54, 1.807) is 25.2 Å². The van der Waals surface area contributed by atoms with Crippen LogP contribution in [0, 0.1) is 18.2 Å². The molecule has 1 fully saturated rings. The molecule has 1 unspecified atom stereocenters. The Bertz CT molecular complexity index is 1370. The van der Waals surface area contributed by atoms with Crippen LogP contribution in [0.5, 0.6) is 5.75 Å². The van der Waals surface area contributed by atoms with E-state index < -0.39 is 24.5 Å².